The van der Waals surface area contributed by atoms with E-state index in [1.54, 1.807) is 0 Å². The van der Waals surface area contributed by atoms with Gasteiger partial charge in [-0.3, -0.25) is 9.80 Å². The van der Waals surface area contributed by atoms with Crippen molar-refractivity contribution in [3.8, 4) is 0 Å². The Hall–Kier alpha value is -0.490. The van der Waals surface area contributed by atoms with Gasteiger partial charge in [0, 0.05) is 37.8 Å². The third-order valence-electron chi connectivity index (χ3n) is 4.38. The molecule has 0 aliphatic carbocycles. The molecule has 2 aliphatic rings. The van der Waals surface area contributed by atoms with Crippen LogP contribution >= 0.6 is 11.3 Å². The van der Waals surface area contributed by atoms with Crippen molar-refractivity contribution in [2.24, 2.45) is 0 Å². The summed E-state index contributed by atoms with van der Waals surface area (Å²) in [5, 5.41) is 3.41. The molecule has 0 bridgehead atoms. The molecule has 4 nitrogen and oxygen atoms in total. The molecular weight excluding hydrogens is 270 g/mol. The predicted octanol–water partition coefficient (Wildman–Crippen LogP) is 2.39. The van der Waals surface area contributed by atoms with Crippen LogP contribution in [0, 0.1) is 0 Å². The molecule has 0 amide bonds. The lowest BCUT2D eigenvalue weighted by Crippen LogP contribution is -2.45. The van der Waals surface area contributed by atoms with E-state index in [1.165, 1.54) is 30.8 Å². The van der Waals surface area contributed by atoms with Gasteiger partial charge in [0.25, 0.3) is 0 Å². The molecular formula is C15H25N3OS. The maximum absolute atomic E-state index is 5.62. The smallest absolute Gasteiger partial charge is 0.110 e. The summed E-state index contributed by atoms with van der Waals surface area (Å²) in [6, 6.07) is 0.558. The predicted molar refractivity (Wildman–Crippen MR) is 82.1 cm³/mol. The van der Waals surface area contributed by atoms with Gasteiger partial charge in [0.15, 0.2) is 0 Å². The van der Waals surface area contributed by atoms with Gasteiger partial charge in [-0.1, -0.05) is 6.42 Å². The topological polar surface area (TPSA) is 28.6 Å². The molecule has 3 heterocycles. The zero-order valence-electron chi connectivity index (χ0n) is 12.3. The Labute approximate surface area is 125 Å². The average Bonchev–Trinajstić information content (AvgIpc) is 3.00. The summed E-state index contributed by atoms with van der Waals surface area (Å²) in [5.41, 5.74) is 0. The number of nitrogens with zero attached hydrogens (tertiary/aromatic N) is 3. The second-order valence-electron chi connectivity index (χ2n) is 5.90. The Morgan fingerprint density at radius 2 is 2.30 bits per heavy atom. The number of piperidine rings is 1. The van der Waals surface area contributed by atoms with E-state index >= 15 is 0 Å². The van der Waals surface area contributed by atoms with Gasteiger partial charge in [-0.25, -0.2) is 4.98 Å². The van der Waals surface area contributed by atoms with Crippen LogP contribution in [0.5, 0.6) is 0 Å². The zero-order chi connectivity index (χ0) is 13.8. The van der Waals surface area contributed by atoms with E-state index in [0.29, 0.717) is 12.1 Å². The quantitative estimate of drug-likeness (QED) is 0.853. The van der Waals surface area contributed by atoms with Gasteiger partial charge in [0.1, 0.15) is 5.01 Å². The number of aromatic nitrogens is 1. The van der Waals surface area contributed by atoms with Gasteiger partial charge in [0.2, 0.25) is 0 Å². The van der Waals surface area contributed by atoms with Crippen molar-refractivity contribution in [1.29, 1.82) is 0 Å². The lowest BCUT2D eigenvalue weighted by molar-refractivity contribution is -0.0228. The van der Waals surface area contributed by atoms with Crippen LogP contribution < -0.4 is 0 Å². The zero-order valence-corrected chi connectivity index (χ0v) is 13.1. The second-order valence-corrected chi connectivity index (χ2v) is 6.83. The van der Waals surface area contributed by atoms with Crippen LogP contribution in [-0.4, -0.2) is 60.2 Å². The fraction of sp³-hybridized carbons (Fsp3) is 0.800. The van der Waals surface area contributed by atoms with E-state index in [4.69, 9.17) is 4.74 Å². The molecule has 0 radical (unpaired) electrons. The van der Waals surface area contributed by atoms with E-state index in [-0.39, 0.29) is 0 Å². The maximum atomic E-state index is 5.62. The highest BCUT2D eigenvalue weighted by atomic mass is 32.1. The summed E-state index contributed by atoms with van der Waals surface area (Å²) in [6.45, 7) is 8.77. The first-order valence-corrected chi connectivity index (χ1v) is 8.68. The molecule has 0 spiro atoms. The summed E-state index contributed by atoms with van der Waals surface area (Å²) >= 11 is 1.81. The van der Waals surface area contributed by atoms with Crippen molar-refractivity contribution in [2.45, 2.75) is 38.3 Å². The first-order chi connectivity index (χ1) is 9.83. The first kappa shape index (κ1) is 14.4. The second kappa shape index (κ2) is 6.98. The molecule has 0 saturated carbocycles. The lowest BCUT2D eigenvalue weighted by atomic mass is 10.0. The van der Waals surface area contributed by atoms with Crippen LogP contribution in [-0.2, 0) is 4.74 Å². The molecule has 1 aromatic heterocycles. The van der Waals surface area contributed by atoms with Gasteiger partial charge in [-0.15, -0.1) is 11.3 Å². The molecule has 112 valence electrons. The molecule has 0 aromatic carbocycles. The minimum Gasteiger partial charge on any atom is -0.376 e. The summed E-state index contributed by atoms with van der Waals surface area (Å²) in [4.78, 5) is 9.72. The number of rotatable bonds is 4. The Morgan fingerprint density at radius 1 is 1.35 bits per heavy atom. The number of thiazole rings is 1. The van der Waals surface area contributed by atoms with Gasteiger partial charge >= 0.3 is 0 Å². The standard InChI is InChI=1S/C15H25N3OS/c1-13-12-17(9-10-19-13)7-8-18-6-3-2-4-14(18)15-16-5-11-20-15/h5,11,13-14H,2-4,6-10,12H2,1H3/t13-,14-/m1/s1. The Balaban J connectivity index is 1.54. The van der Waals surface area contributed by atoms with Crippen LogP contribution in [0.4, 0.5) is 0 Å². The molecule has 2 atom stereocenters. The maximum Gasteiger partial charge on any atom is 0.110 e. The number of hydrogen-bond acceptors (Lipinski definition) is 5. The Bertz CT molecular complexity index is 398. The molecule has 2 fully saturated rings. The summed E-state index contributed by atoms with van der Waals surface area (Å²) < 4.78 is 5.62. The summed E-state index contributed by atoms with van der Waals surface area (Å²) in [5.74, 6) is 0. The number of ether oxygens (including phenoxy) is 1. The van der Waals surface area contributed by atoms with E-state index in [1.807, 2.05) is 17.5 Å². The Morgan fingerprint density at radius 3 is 3.10 bits per heavy atom. The van der Waals surface area contributed by atoms with Crippen molar-refractivity contribution >= 4 is 11.3 Å². The van der Waals surface area contributed by atoms with E-state index in [2.05, 4.69) is 27.1 Å². The van der Waals surface area contributed by atoms with Crippen LogP contribution in [0.3, 0.4) is 0 Å². The highest BCUT2D eigenvalue weighted by Crippen LogP contribution is 2.31. The van der Waals surface area contributed by atoms with Gasteiger partial charge < -0.3 is 4.74 Å². The molecule has 5 heteroatoms. The fourth-order valence-corrected chi connectivity index (χ4v) is 4.11. The normalized spacial score (nSPS) is 29.6. The molecule has 0 unspecified atom stereocenters. The Kier molecular flexibility index (Phi) is 5.04. The molecule has 20 heavy (non-hydrogen) atoms. The SMILES string of the molecule is C[C@@H]1CN(CCN2CCCC[C@@H]2c2nccs2)CCO1. The van der Waals surface area contributed by atoms with Crippen molar-refractivity contribution < 1.29 is 4.74 Å². The van der Waals surface area contributed by atoms with Crippen LogP contribution in [0.1, 0.15) is 37.2 Å². The highest BCUT2D eigenvalue weighted by molar-refractivity contribution is 7.09. The minimum absolute atomic E-state index is 0.389. The molecule has 0 N–H and O–H groups in total. The molecule has 3 rings (SSSR count). The van der Waals surface area contributed by atoms with Crippen LogP contribution in [0.25, 0.3) is 0 Å². The first-order valence-electron chi connectivity index (χ1n) is 7.80. The van der Waals surface area contributed by atoms with E-state index < -0.39 is 0 Å². The molecule has 2 saturated heterocycles. The fourth-order valence-electron chi connectivity index (χ4n) is 3.30. The third kappa shape index (κ3) is 3.58. The van der Waals surface area contributed by atoms with Gasteiger partial charge in [-0.05, 0) is 26.3 Å². The van der Waals surface area contributed by atoms with Crippen molar-refractivity contribution in [1.82, 2.24) is 14.8 Å². The van der Waals surface area contributed by atoms with Crippen molar-refractivity contribution in [2.75, 3.05) is 39.3 Å². The summed E-state index contributed by atoms with van der Waals surface area (Å²) in [6.07, 6.45) is 6.28. The third-order valence-corrected chi connectivity index (χ3v) is 5.26. The lowest BCUT2D eigenvalue weighted by Gasteiger charge is -2.37. The minimum atomic E-state index is 0.389. The van der Waals surface area contributed by atoms with Gasteiger partial charge in [-0.2, -0.15) is 0 Å². The van der Waals surface area contributed by atoms with Crippen molar-refractivity contribution in [3.05, 3.63) is 16.6 Å². The van der Waals surface area contributed by atoms with E-state index in [0.717, 1.165) is 32.8 Å². The molecule has 1 aromatic rings. The summed E-state index contributed by atoms with van der Waals surface area (Å²) in [7, 11) is 0. The number of morpholine rings is 1. The van der Waals surface area contributed by atoms with Crippen molar-refractivity contribution in [3.63, 3.8) is 0 Å². The largest absolute Gasteiger partial charge is 0.376 e. The monoisotopic (exact) mass is 295 g/mol. The van der Waals surface area contributed by atoms with Gasteiger partial charge in [0.05, 0.1) is 18.8 Å². The number of likely N-dealkylation sites (tertiary alicyclic amines) is 1. The number of hydrogen-bond donors (Lipinski definition) is 0. The van der Waals surface area contributed by atoms with E-state index in [9.17, 15) is 0 Å². The average molecular weight is 295 g/mol. The highest BCUT2D eigenvalue weighted by Gasteiger charge is 2.26. The molecule has 2 aliphatic heterocycles. The van der Waals surface area contributed by atoms with Crippen LogP contribution in [0.2, 0.25) is 0 Å². The van der Waals surface area contributed by atoms with Crippen LogP contribution in [0.15, 0.2) is 11.6 Å².